The first kappa shape index (κ1) is 14.5. The fraction of sp³-hybridized carbons (Fsp3) is 0.200. The Morgan fingerprint density at radius 3 is 2.57 bits per heavy atom. The van der Waals surface area contributed by atoms with E-state index in [0.717, 1.165) is 0 Å². The molecule has 0 aliphatic rings. The molecule has 0 saturated carbocycles. The third-order valence-electron chi connectivity index (χ3n) is 3.11. The second-order valence-corrected chi connectivity index (χ2v) is 4.75. The van der Waals surface area contributed by atoms with Crippen LogP contribution < -0.4 is 5.32 Å². The highest BCUT2D eigenvalue weighted by Crippen LogP contribution is 2.25. The van der Waals surface area contributed by atoms with Crippen LogP contribution in [-0.4, -0.2) is 21.0 Å². The number of hydrogen-bond acceptors (Lipinski definition) is 5. The lowest BCUT2D eigenvalue weighted by Crippen LogP contribution is -2.41. The maximum atomic E-state index is 11.7. The van der Waals surface area contributed by atoms with Crippen LogP contribution in [0, 0.1) is 18.3 Å². The Bertz CT molecular complexity index is 709. The average Bonchev–Trinajstić information content (AvgIpc) is 2.47. The molecular formula is C15H14N4O2. The fourth-order valence-electron chi connectivity index (χ4n) is 1.93. The highest BCUT2D eigenvalue weighted by molar-refractivity contribution is 5.83. The molecule has 2 rings (SSSR count). The molecule has 1 aromatic heterocycles. The number of hydrogen-bond donors (Lipinski definition) is 2. The van der Waals surface area contributed by atoms with Gasteiger partial charge in [-0.3, -0.25) is 0 Å². The number of carbonyl (C=O) groups is 1. The number of benzene rings is 1. The zero-order valence-electron chi connectivity index (χ0n) is 11.7. The average molecular weight is 282 g/mol. The van der Waals surface area contributed by atoms with E-state index in [2.05, 4.69) is 15.3 Å². The molecule has 1 heterocycles. The summed E-state index contributed by atoms with van der Waals surface area (Å²) in [6.45, 7) is 3.25. The highest BCUT2D eigenvalue weighted by Gasteiger charge is 2.36. The van der Waals surface area contributed by atoms with Crippen molar-refractivity contribution >= 4 is 11.9 Å². The predicted octanol–water partition coefficient (Wildman–Crippen LogP) is 2.07. The maximum Gasteiger partial charge on any atom is 0.333 e. The molecule has 0 fully saturated rings. The van der Waals surface area contributed by atoms with Gasteiger partial charge >= 0.3 is 5.97 Å². The van der Waals surface area contributed by atoms with Crippen molar-refractivity contribution in [2.75, 3.05) is 5.32 Å². The zero-order chi connectivity index (χ0) is 15.5. The molecular weight excluding hydrogens is 268 g/mol. The van der Waals surface area contributed by atoms with Crippen molar-refractivity contribution < 1.29 is 9.90 Å². The van der Waals surface area contributed by atoms with Crippen molar-refractivity contribution in [3.05, 3.63) is 53.3 Å². The molecule has 1 atom stereocenters. The van der Waals surface area contributed by atoms with Crippen LogP contribution in [0.1, 0.15) is 23.9 Å². The second kappa shape index (κ2) is 5.59. The minimum atomic E-state index is -1.39. The van der Waals surface area contributed by atoms with Gasteiger partial charge in [0.25, 0.3) is 0 Å². The van der Waals surface area contributed by atoms with Crippen LogP contribution in [0.4, 0.5) is 5.95 Å². The van der Waals surface area contributed by atoms with Gasteiger partial charge in [-0.15, -0.1) is 0 Å². The van der Waals surface area contributed by atoms with Crippen LogP contribution >= 0.6 is 0 Å². The van der Waals surface area contributed by atoms with Gasteiger partial charge in [0.1, 0.15) is 11.8 Å². The lowest BCUT2D eigenvalue weighted by atomic mass is 9.92. The van der Waals surface area contributed by atoms with Gasteiger partial charge in [0.05, 0.1) is 0 Å². The van der Waals surface area contributed by atoms with Gasteiger partial charge in [0.15, 0.2) is 5.54 Å². The maximum absolute atomic E-state index is 11.7. The summed E-state index contributed by atoms with van der Waals surface area (Å²) in [5.41, 5.74) is -0.0429. The molecule has 0 saturated heterocycles. The van der Waals surface area contributed by atoms with Crippen LogP contribution in [-0.2, 0) is 10.3 Å². The van der Waals surface area contributed by atoms with E-state index < -0.39 is 11.5 Å². The van der Waals surface area contributed by atoms with Crippen molar-refractivity contribution in [3.8, 4) is 6.07 Å². The van der Waals surface area contributed by atoms with Gasteiger partial charge in [-0.05, 0) is 25.5 Å². The van der Waals surface area contributed by atoms with E-state index in [9.17, 15) is 9.90 Å². The summed E-state index contributed by atoms with van der Waals surface area (Å²) in [7, 11) is 0. The molecule has 1 aromatic carbocycles. The van der Waals surface area contributed by atoms with Crippen LogP contribution in [0.2, 0.25) is 0 Å². The van der Waals surface area contributed by atoms with Gasteiger partial charge in [-0.1, -0.05) is 30.3 Å². The Hall–Kier alpha value is -2.94. The van der Waals surface area contributed by atoms with Gasteiger partial charge < -0.3 is 10.4 Å². The van der Waals surface area contributed by atoms with E-state index in [0.29, 0.717) is 11.3 Å². The summed E-state index contributed by atoms with van der Waals surface area (Å²) >= 11 is 0. The summed E-state index contributed by atoms with van der Waals surface area (Å²) in [6.07, 6.45) is 0. The molecule has 0 amide bonds. The zero-order valence-corrected chi connectivity index (χ0v) is 11.7. The molecule has 1 unspecified atom stereocenters. The van der Waals surface area contributed by atoms with Crippen LogP contribution in [0.5, 0.6) is 0 Å². The number of aryl methyl sites for hydroxylation is 1. The molecule has 106 valence electrons. The lowest BCUT2D eigenvalue weighted by molar-refractivity contribution is -0.142. The number of aromatic nitrogens is 2. The SMILES string of the molecule is Cc1cc(C#N)nc(NC(C)(C(=O)O)c2ccccc2)n1. The number of anilines is 1. The number of nitriles is 1. The summed E-state index contributed by atoms with van der Waals surface area (Å²) in [6, 6.07) is 12.2. The number of rotatable bonds is 4. The van der Waals surface area contributed by atoms with E-state index in [4.69, 9.17) is 5.26 Å². The first-order valence-electron chi connectivity index (χ1n) is 6.28. The molecule has 0 aliphatic heterocycles. The fourth-order valence-corrected chi connectivity index (χ4v) is 1.93. The van der Waals surface area contributed by atoms with Crippen molar-refractivity contribution in [2.45, 2.75) is 19.4 Å². The quantitative estimate of drug-likeness (QED) is 0.890. The third-order valence-corrected chi connectivity index (χ3v) is 3.11. The van der Waals surface area contributed by atoms with E-state index in [1.54, 1.807) is 31.2 Å². The Labute approximate surface area is 122 Å². The smallest absolute Gasteiger partial charge is 0.333 e. The number of nitrogens with zero attached hydrogens (tertiary/aromatic N) is 3. The number of carboxylic acid groups (broad SMARTS) is 1. The molecule has 0 radical (unpaired) electrons. The molecule has 21 heavy (non-hydrogen) atoms. The Balaban J connectivity index is 2.45. The molecule has 6 nitrogen and oxygen atoms in total. The first-order valence-corrected chi connectivity index (χ1v) is 6.28. The lowest BCUT2D eigenvalue weighted by Gasteiger charge is -2.26. The van der Waals surface area contributed by atoms with Crippen LogP contribution in [0.15, 0.2) is 36.4 Å². The topological polar surface area (TPSA) is 98.9 Å². The van der Waals surface area contributed by atoms with Gasteiger partial charge in [0, 0.05) is 5.69 Å². The standard InChI is InChI=1S/C15H14N4O2/c1-10-8-12(9-16)18-14(17-10)19-15(2,13(20)21)11-6-4-3-5-7-11/h3-8H,1-2H3,(H,20,21)(H,17,18,19). The first-order chi connectivity index (χ1) is 9.95. The highest BCUT2D eigenvalue weighted by atomic mass is 16.4. The van der Waals surface area contributed by atoms with Gasteiger partial charge in [0.2, 0.25) is 5.95 Å². The number of aliphatic carboxylic acids is 1. The monoisotopic (exact) mass is 282 g/mol. The summed E-state index contributed by atoms with van der Waals surface area (Å²) in [4.78, 5) is 19.8. The molecule has 0 spiro atoms. The van der Waals surface area contributed by atoms with Crippen molar-refractivity contribution in [1.82, 2.24) is 9.97 Å². The van der Waals surface area contributed by atoms with Crippen LogP contribution in [0.25, 0.3) is 0 Å². The van der Waals surface area contributed by atoms with Crippen molar-refractivity contribution in [1.29, 1.82) is 5.26 Å². The van der Waals surface area contributed by atoms with Crippen LogP contribution in [0.3, 0.4) is 0 Å². The third kappa shape index (κ3) is 2.98. The molecule has 0 bridgehead atoms. The molecule has 6 heteroatoms. The Morgan fingerprint density at radius 1 is 1.33 bits per heavy atom. The van der Waals surface area contributed by atoms with E-state index in [1.165, 1.54) is 13.0 Å². The minimum absolute atomic E-state index is 0.111. The normalized spacial score (nSPS) is 13.0. The Kier molecular flexibility index (Phi) is 3.85. The minimum Gasteiger partial charge on any atom is -0.479 e. The summed E-state index contributed by atoms with van der Waals surface area (Å²) in [5.74, 6) is -0.947. The molecule has 2 N–H and O–H groups in total. The summed E-state index contributed by atoms with van der Waals surface area (Å²) in [5, 5.41) is 21.3. The van der Waals surface area contributed by atoms with Crippen molar-refractivity contribution in [3.63, 3.8) is 0 Å². The molecule has 0 aliphatic carbocycles. The van der Waals surface area contributed by atoms with E-state index >= 15 is 0 Å². The second-order valence-electron chi connectivity index (χ2n) is 4.75. The van der Waals surface area contributed by atoms with Gasteiger partial charge in [-0.2, -0.15) is 5.26 Å². The van der Waals surface area contributed by atoms with Gasteiger partial charge in [-0.25, -0.2) is 14.8 Å². The Morgan fingerprint density at radius 2 is 2.00 bits per heavy atom. The summed E-state index contributed by atoms with van der Waals surface area (Å²) < 4.78 is 0. The van der Waals surface area contributed by atoms with E-state index in [1.807, 2.05) is 12.1 Å². The number of nitrogens with one attached hydrogen (secondary N) is 1. The van der Waals surface area contributed by atoms with E-state index in [-0.39, 0.29) is 11.6 Å². The predicted molar refractivity (Wildman–Crippen MR) is 76.5 cm³/mol. The molecule has 2 aromatic rings. The number of carboxylic acids is 1. The van der Waals surface area contributed by atoms with Crippen molar-refractivity contribution in [2.24, 2.45) is 0 Å². The largest absolute Gasteiger partial charge is 0.479 e.